The van der Waals surface area contributed by atoms with Crippen LogP contribution in [0.5, 0.6) is 5.75 Å². The van der Waals surface area contributed by atoms with E-state index in [0.717, 1.165) is 35.8 Å². The molecule has 2 aromatic carbocycles. The molecule has 2 unspecified atom stereocenters. The van der Waals surface area contributed by atoms with Crippen molar-refractivity contribution in [1.82, 2.24) is 4.98 Å². The summed E-state index contributed by atoms with van der Waals surface area (Å²) in [6.45, 7) is 4.20. The van der Waals surface area contributed by atoms with E-state index >= 15 is 0 Å². The monoisotopic (exact) mass is 423 g/mol. The first-order chi connectivity index (χ1) is 14.6. The number of hydrogen-bond acceptors (Lipinski definition) is 6. The molecule has 1 N–H and O–H groups in total. The van der Waals surface area contributed by atoms with E-state index in [-0.39, 0.29) is 11.8 Å². The van der Waals surface area contributed by atoms with Gasteiger partial charge in [-0.2, -0.15) is 0 Å². The van der Waals surface area contributed by atoms with Crippen LogP contribution in [0.25, 0.3) is 31.8 Å². The number of para-hydroxylation sites is 1. The number of rotatable bonds is 8. The van der Waals surface area contributed by atoms with E-state index in [0.29, 0.717) is 21.5 Å². The summed E-state index contributed by atoms with van der Waals surface area (Å²) in [4.78, 5) is 17.7. The lowest BCUT2D eigenvalue weighted by molar-refractivity contribution is -0.0649. The second kappa shape index (κ2) is 8.98. The summed E-state index contributed by atoms with van der Waals surface area (Å²) in [5.41, 5.74) is 0.135. The van der Waals surface area contributed by atoms with Crippen molar-refractivity contribution in [3.05, 3.63) is 59.0 Å². The fraction of sp³-hybridized carbons (Fsp3) is 0.333. The molecule has 2 atom stereocenters. The lowest BCUT2D eigenvalue weighted by Crippen LogP contribution is -2.26. The van der Waals surface area contributed by atoms with Crippen molar-refractivity contribution in [1.29, 1.82) is 0 Å². The molecule has 0 aliphatic heterocycles. The van der Waals surface area contributed by atoms with E-state index in [1.165, 1.54) is 11.3 Å². The van der Waals surface area contributed by atoms with Gasteiger partial charge in [-0.1, -0.05) is 51.0 Å². The summed E-state index contributed by atoms with van der Waals surface area (Å²) >= 11 is 1.44. The SMILES string of the molecule is CCCCC(CC)C(O)Oc1c(-c2nc3ccccc3c(=O)o2)sc2ccccc12. The van der Waals surface area contributed by atoms with Gasteiger partial charge in [0.2, 0.25) is 5.89 Å². The number of nitrogens with zero attached hydrogens (tertiary/aromatic N) is 1. The largest absolute Gasteiger partial charge is 0.462 e. The second-order valence-electron chi connectivity index (χ2n) is 7.40. The molecule has 4 aromatic rings. The van der Waals surface area contributed by atoms with Crippen molar-refractivity contribution >= 4 is 32.3 Å². The Morgan fingerprint density at radius 2 is 1.83 bits per heavy atom. The molecular formula is C24H25NO4S. The Balaban J connectivity index is 1.80. The number of benzene rings is 2. The molecule has 156 valence electrons. The van der Waals surface area contributed by atoms with Gasteiger partial charge in [0, 0.05) is 16.0 Å². The first-order valence-corrected chi connectivity index (χ1v) is 11.2. The zero-order valence-electron chi connectivity index (χ0n) is 17.1. The van der Waals surface area contributed by atoms with E-state index in [9.17, 15) is 9.90 Å². The Kier molecular flexibility index (Phi) is 6.16. The van der Waals surface area contributed by atoms with Crippen molar-refractivity contribution < 1.29 is 14.3 Å². The molecule has 0 amide bonds. The molecule has 6 heteroatoms. The summed E-state index contributed by atoms with van der Waals surface area (Å²) in [5, 5.41) is 12.1. The highest BCUT2D eigenvalue weighted by molar-refractivity contribution is 7.22. The molecule has 5 nitrogen and oxygen atoms in total. The molecule has 4 rings (SSSR count). The van der Waals surface area contributed by atoms with Gasteiger partial charge in [0.25, 0.3) is 0 Å². The van der Waals surface area contributed by atoms with Crippen LogP contribution in [0.4, 0.5) is 0 Å². The third kappa shape index (κ3) is 3.98. The van der Waals surface area contributed by atoms with Crippen LogP contribution in [-0.2, 0) is 0 Å². The molecule has 0 radical (unpaired) electrons. The van der Waals surface area contributed by atoms with Crippen LogP contribution in [-0.4, -0.2) is 16.4 Å². The fourth-order valence-electron chi connectivity index (χ4n) is 3.63. The molecule has 2 aromatic heterocycles. The number of unbranched alkanes of at least 4 members (excludes halogenated alkanes) is 1. The Hall–Kier alpha value is -2.70. The predicted molar refractivity (Wildman–Crippen MR) is 121 cm³/mol. The number of fused-ring (bicyclic) bond motifs is 2. The summed E-state index contributed by atoms with van der Waals surface area (Å²) in [5.74, 6) is 0.765. The van der Waals surface area contributed by atoms with Gasteiger partial charge in [0.15, 0.2) is 12.0 Å². The fourth-order valence-corrected chi connectivity index (χ4v) is 4.69. The number of thiophene rings is 1. The van der Waals surface area contributed by atoms with Crippen LogP contribution in [0.3, 0.4) is 0 Å². The summed E-state index contributed by atoms with van der Waals surface area (Å²) in [6.07, 6.45) is 2.89. The topological polar surface area (TPSA) is 72.6 Å². The third-order valence-corrected chi connectivity index (χ3v) is 6.51. The van der Waals surface area contributed by atoms with Gasteiger partial charge in [-0.25, -0.2) is 9.78 Å². The van der Waals surface area contributed by atoms with Gasteiger partial charge in [-0.15, -0.1) is 11.3 Å². The van der Waals surface area contributed by atoms with E-state index in [1.807, 2.05) is 30.3 Å². The van der Waals surface area contributed by atoms with Gasteiger partial charge in [-0.05, 0) is 37.1 Å². The maximum absolute atomic E-state index is 12.5. The Morgan fingerprint density at radius 1 is 1.10 bits per heavy atom. The molecule has 0 aliphatic carbocycles. The molecule has 0 aliphatic rings. The average Bonchev–Trinajstić information content (AvgIpc) is 3.13. The van der Waals surface area contributed by atoms with Gasteiger partial charge < -0.3 is 14.3 Å². The van der Waals surface area contributed by atoms with E-state index in [1.54, 1.807) is 18.2 Å². The van der Waals surface area contributed by atoms with Crippen LogP contribution in [0.1, 0.15) is 39.5 Å². The zero-order chi connectivity index (χ0) is 21.1. The number of ether oxygens (including phenoxy) is 1. The van der Waals surface area contributed by atoms with Crippen LogP contribution >= 0.6 is 11.3 Å². The smallest absolute Gasteiger partial charge is 0.347 e. The number of hydrogen-bond donors (Lipinski definition) is 1. The summed E-state index contributed by atoms with van der Waals surface area (Å²) in [7, 11) is 0. The number of aliphatic hydroxyl groups is 1. The zero-order valence-corrected chi connectivity index (χ0v) is 17.9. The highest BCUT2D eigenvalue weighted by Gasteiger charge is 2.25. The first-order valence-electron chi connectivity index (χ1n) is 10.4. The van der Waals surface area contributed by atoms with Crippen molar-refractivity contribution in [3.8, 4) is 16.5 Å². The van der Waals surface area contributed by atoms with Gasteiger partial charge in [-0.3, -0.25) is 0 Å². The van der Waals surface area contributed by atoms with E-state index < -0.39 is 11.9 Å². The van der Waals surface area contributed by atoms with Crippen LogP contribution < -0.4 is 10.4 Å². The Bertz CT molecular complexity index is 1210. The maximum Gasteiger partial charge on any atom is 0.347 e. The average molecular weight is 424 g/mol. The van der Waals surface area contributed by atoms with Gasteiger partial charge >= 0.3 is 5.63 Å². The maximum atomic E-state index is 12.5. The van der Waals surface area contributed by atoms with Crippen molar-refractivity contribution in [2.75, 3.05) is 0 Å². The minimum atomic E-state index is -0.939. The molecule has 0 saturated carbocycles. The van der Waals surface area contributed by atoms with Crippen molar-refractivity contribution in [2.45, 2.75) is 45.8 Å². The molecule has 0 saturated heterocycles. The normalized spacial score (nSPS) is 13.6. The molecule has 2 heterocycles. The Labute approximate surface area is 179 Å². The highest BCUT2D eigenvalue weighted by atomic mass is 32.1. The van der Waals surface area contributed by atoms with Crippen LogP contribution in [0.2, 0.25) is 0 Å². The molecule has 30 heavy (non-hydrogen) atoms. The van der Waals surface area contributed by atoms with Gasteiger partial charge in [0.05, 0.1) is 10.9 Å². The summed E-state index contributed by atoms with van der Waals surface area (Å²) in [6, 6.07) is 14.9. The molecule has 0 fully saturated rings. The second-order valence-corrected chi connectivity index (χ2v) is 8.45. The number of aliphatic hydroxyl groups excluding tert-OH is 1. The van der Waals surface area contributed by atoms with E-state index in [4.69, 9.17) is 9.15 Å². The lowest BCUT2D eigenvalue weighted by Gasteiger charge is -2.22. The Morgan fingerprint density at radius 3 is 2.60 bits per heavy atom. The molecule has 0 spiro atoms. The highest BCUT2D eigenvalue weighted by Crippen LogP contribution is 2.44. The standard InChI is InChI=1S/C24H25NO4S/c1-3-5-10-15(4-2)23(26)28-20-17-12-7-9-14-19(17)30-21(20)22-25-18-13-8-6-11-16(18)24(27)29-22/h6-9,11-15,23,26H,3-5,10H2,1-2H3. The minimum absolute atomic E-state index is 0.0352. The number of aromatic nitrogens is 1. The van der Waals surface area contributed by atoms with Crippen molar-refractivity contribution in [2.24, 2.45) is 5.92 Å². The van der Waals surface area contributed by atoms with Gasteiger partial charge in [0.1, 0.15) is 4.88 Å². The third-order valence-electron chi connectivity index (χ3n) is 5.37. The summed E-state index contributed by atoms with van der Waals surface area (Å²) < 4.78 is 12.7. The van der Waals surface area contributed by atoms with Crippen molar-refractivity contribution in [3.63, 3.8) is 0 Å². The minimum Gasteiger partial charge on any atom is -0.462 e. The lowest BCUT2D eigenvalue weighted by atomic mass is 9.99. The van der Waals surface area contributed by atoms with E-state index in [2.05, 4.69) is 18.8 Å². The molecular weight excluding hydrogens is 398 g/mol. The van der Waals surface area contributed by atoms with Crippen LogP contribution in [0.15, 0.2) is 57.7 Å². The van der Waals surface area contributed by atoms with Crippen LogP contribution in [0, 0.1) is 5.92 Å². The first kappa shape index (κ1) is 20.6. The predicted octanol–water partition coefficient (Wildman–Crippen LogP) is 5.98. The molecule has 0 bridgehead atoms. The quantitative estimate of drug-likeness (QED) is 0.353.